The van der Waals surface area contributed by atoms with E-state index in [2.05, 4.69) is 15.0 Å². The van der Waals surface area contributed by atoms with Crippen molar-refractivity contribution in [3.05, 3.63) is 29.8 Å². The maximum atomic E-state index is 11.3. The first-order chi connectivity index (χ1) is 13.2. The van der Waals surface area contributed by atoms with Crippen molar-refractivity contribution in [2.75, 3.05) is 26.3 Å². The minimum atomic E-state index is -0.435. The first-order valence-electron chi connectivity index (χ1n) is 9.54. The van der Waals surface area contributed by atoms with Crippen LogP contribution in [0.15, 0.2) is 18.2 Å². The van der Waals surface area contributed by atoms with Crippen LogP contribution in [-0.2, 0) is 17.8 Å². The molecule has 1 amide bonds. The zero-order valence-electron chi connectivity index (χ0n) is 15.4. The Balaban J connectivity index is 1.65. The predicted molar refractivity (Wildman–Crippen MR) is 99.0 cm³/mol. The fourth-order valence-electron chi connectivity index (χ4n) is 3.59. The zero-order valence-corrected chi connectivity index (χ0v) is 15.4. The number of fused-ring (bicyclic) bond motifs is 1. The van der Waals surface area contributed by atoms with Gasteiger partial charge in [-0.1, -0.05) is 12.8 Å². The Hall–Kier alpha value is -2.61. The predicted octanol–water partition coefficient (Wildman–Crippen LogP) is 1.44. The van der Waals surface area contributed by atoms with Crippen molar-refractivity contribution in [2.24, 2.45) is 5.73 Å². The number of amides is 1. The molecule has 144 valence electrons. The van der Waals surface area contributed by atoms with Crippen LogP contribution in [0, 0.1) is 0 Å². The summed E-state index contributed by atoms with van der Waals surface area (Å²) < 4.78 is 13.1. The summed E-state index contributed by atoms with van der Waals surface area (Å²) in [7, 11) is 0. The Morgan fingerprint density at radius 1 is 1.07 bits per heavy atom. The zero-order chi connectivity index (χ0) is 18.6. The first kappa shape index (κ1) is 17.8. The second-order valence-corrected chi connectivity index (χ2v) is 7.02. The Bertz CT molecular complexity index is 812. The van der Waals surface area contributed by atoms with E-state index in [0.29, 0.717) is 31.3 Å². The number of carbonyl (C=O) groups excluding carboxylic acids is 1. The molecule has 1 aromatic carbocycles. The van der Waals surface area contributed by atoms with Crippen LogP contribution in [0.3, 0.4) is 0 Å². The summed E-state index contributed by atoms with van der Waals surface area (Å²) in [5.41, 5.74) is 6.18. The number of primary amides is 1. The molecule has 2 N–H and O–H groups in total. The van der Waals surface area contributed by atoms with Crippen LogP contribution in [0.4, 0.5) is 0 Å². The number of nitrogens with two attached hydrogens (primary N) is 1. The topological polar surface area (TPSA) is 95.5 Å². The average Bonchev–Trinajstić information content (AvgIpc) is 2.87. The van der Waals surface area contributed by atoms with E-state index in [-0.39, 0.29) is 6.42 Å². The van der Waals surface area contributed by atoms with Gasteiger partial charge in [0, 0.05) is 6.07 Å². The number of hydrogen-bond acceptors (Lipinski definition) is 6. The molecule has 0 bridgehead atoms. The molecule has 0 saturated carbocycles. The van der Waals surface area contributed by atoms with Gasteiger partial charge in [0.1, 0.15) is 19.0 Å². The van der Waals surface area contributed by atoms with E-state index >= 15 is 0 Å². The average molecular weight is 371 g/mol. The van der Waals surface area contributed by atoms with Crippen LogP contribution in [0.5, 0.6) is 11.5 Å². The SMILES string of the molecule is NC(=O)Cc1nc(CN2CCCCCC2)n(-c2ccc3c(c2)OCCO3)n1. The van der Waals surface area contributed by atoms with Gasteiger partial charge in [-0.15, -0.1) is 0 Å². The molecule has 0 radical (unpaired) electrons. The van der Waals surface area contributed by atoms with Gasteiger partial charge in [-0.3, -0.25) is 9.69 Å². The number of hydrogen-bond donors (Lipinski definition) is 1. The van der Waals surface area contributed by atoms with Gasteiger partial charge in [-0.2, -0.15) is 5.10 Å². The molecule has 2 aliphatic rings. The Morgan fingerprint density at radius 2 is 1.81 bits per heavy atom. The maximum Gasteiger partial charge on any atom is 0.225 e. The quantitative estimate of drug-likeness (QED) is 0.855. The lowest BCUT2D eigenvalue weighted by Crippen LogP contribution is -2.26. The van der Waals surface area contributed by atoms with Crippen molar-refractivity contribution in [1.82, 2.24) is 19.7 Å². The molecule has 3 heterocycles. The molecule has 2 aliphatic heterocycles. The van der Waals surface area contributed by atoms with Crippen LogP contribution in [-0.4, -0.2) is 51.9 Å². The number of nitrogens with zero attached hydrogens (tertiary/aromatic N) is 4. The van der Waals surface area contributed by atoms with Crippen molar-refractivity contribution in [3.63, 3.8) is 0 Å². The largest absolute Gasteiger partial charge is 0.486 e. The number of rotatable bonds is 5. The number of likely N-dealkylation sites (tertiary alicyclic amines) is 1. The van der Waals surface area contributed by atoms with Gasteiger partial charge >= 0.3 is 0 Å². The molecule has 8 heteroatoms. The van der Waals surface area contributed by atoms with Crippen molar-refractivity contribution in [1.29, 1.82) is 0 Å². The molecule has 8 nitrogen and oxygen atoms in total. The molecule has 4 rings (SSSR count). The van der Waals surface area contributed by atoms with E-state index in [1.165, 1.54) is 25.7 Å². The van der Waals surface area contributed by atoms with Gasteiger partial charge in [0.25, 0.3) is 0 Å². The maximum absolute atomic E-state index is 11.3. The highest BCUT2D eigenvalue weighted by molar-refractivity contribution is 5.75. The summed E-state index contributed by atoms with van der Waals surface area (Å²) in [6, 6.07) is 5.72. The standard InChI is InChI=1S/C19H25N5O3/c20-17(25)12-18-21-19(13-23-7-3-1-2-4-8-23)24(22-18)14-5-6-15-16(11-14)27-10-9-26-15/h5-6,11H,1-4,7-10,12-13H2,(H2,20,25). The molecule has 0 aliphatic carbocycles. The second kappa shape index (κ2) is 7.96. The van der Waals surface area contributed by atoms with Crippen molar-refractivity contribution in [3.8, 4) is 17.2 Å². The third kappa shape index (κ3) is 4.21. The van der Waals surface area contributed by atoms with E-state index in [1.807, 2.05) is 18.2 Å². The van der Waals surface area contributed by atoms with E-state index in [0.717, 1.165) is 30.4 Å². The minimum absolute atomic E-state index is 0.0323. The first-order valence-corrected chi connectivity index (χ1v) is 9.54. The van der Waals surface area contributed by atoms with E-state index in [1.54, 1.807) is 4.68 Å². The summed E-state index contributed by atoms with van der Waals surface area (Å²) >= 11 is 0. The van der Waals surface area contributed by atoms with Gasteiger partial charge in [0.15, 0.2) is 17.3 Å². The van der Waals surface area contributed by atoms with Gasteiger partial charge in [0.05, 0.1) is 18.7 Å². The second-order valence-electron chi connectivity index (χ2n) is 7.02. The highest BCUT2D eigenvalue weighted by atomic mass is 16.6. The molecular weight excluding hydrogens is 346 g/mol. The highest BCUT2D eigenvalue weighted by Gasteiger charge is 2.19. The number of carbonyl (C=O) groups is 1. The molecule has 27 heavy (non-hydrogen) atoms. The monoisotopic (exact) mass is 371 g/mol. The molecule has 0 unspecified atom stereocenters. The van der Waals surface area contributed by atoms with E-state index in [4.69, 9.17) is 15.2 Å². The highest BCUT2D eigenvalue weighted by Crippen LogP contribution is 2.32. The van der Waals surface area contributed by atoms with Crippen LogP contribution in [0.1, 0.15) is 37.3 Å². The van der Waals surface area contributed by atoms with Crippen molar-refractivity contribution < 1.29 is 14.3 Å². The fraction of sp³-hybridized carbons (Fsp3) is 0.526. The van der Waals surface area contributed by atoms with Gasteiger partial charge in [0.2, 0.25) is 5.91 Å². The molecule has 1 aromatic heterocycles. The van der Waals surface area contributed by atoms with Crippen LogP contribution in [0.2, 0.25) is 0 Å². The molecule has 2 aromatic rings. The van der Waals surface area contributed by atoms with Crippen molar-refractivity contribution in [2.45, 2.75) is 38.6 Å². The van der Waals surface area contributed by atoms with Crippen LogP contribution in [0.25, 0.3) is 5.69 Å². The Morgan fingerprint density at radius 3 is 2.56 bits per heavy atom. The lowest BCUT2D eigenvalue weighted by Gasteiger charge is -2.21. The summed E-state index contributed by atoms with van der Waals surface area (Å²) in [6.07, 6.45) is 4.99. The Labute approximate surface area is 158 Å². The summed E-state index contributed by atoms with van der Waals surface area (Å²) in [4.78, 5) is 18.3. The third-order valence-electron chi connectivity index (χ3n) is 4.88. The number of aromatic nitrogens is 3. The van der Waals surface area contributed by atoms with Gasteiger partial charge < -0.3 is 15.2 Å². The Kier molecular flexibility index (Phi) is 5.24. The molecule has 0 atom stereocenters. The molecule has 1 fully saturated rings. The summed E-state index contributed by atoms with van der Waals surface area (Å²) in [5, 5.41) is 4.54. The fourth-order valence-corrected chi connectivity index (χ4v) is 3.59. The third-order valence-corrected chi connectivity index (χ3v) is 4.88. The summed E-state index contributed by atoms with van der Waals surface area (Å²) in [5.74, 6) is 2.26. The lowest BCUT2D eigenvalue weighted by atomic mass is 10.2. The molecular formula is C19H25N5O3. The van der Waals surface area contributed by atoms with Crippen LogP contribution >= 0.6 is 0 Å². The lowest BCUT2D eigenvalue weighted by molar-refractivity contribution is -0.117. The summed E-state index contributed by atoms with van der Waals surface area (Å²) in [6.45, 7) is 3.89. The van der Waals surface area contributed by atoms with Gasteiger partial charge in [-0.25, -0.2) is 9.67 Å². The van der Waals surface area contributed by atoms with E-state index < -0.39 is 5.91 Å². The number of benzene rings is 1. The smallest absolute Gasteiger partial charge is 0.225 e. The van der Waals surface area contributed by atoms with Gasteiger partial charge in [-0.05, 0) is 38.1 Å². The van der Waals surface area contributed by atoms with Crippen LogP contribution < -0.4 is 15.2 Å². The minimum Gasteiger partial charge on any atom is -0.486 e. The number of ether oxygens (including phenoxy) is 2. The van der Waals surface area contributed by atoms with Crippen molar-refractivity contribution >= 4 is 5.91 Å². The molecule has 1 saturated heterocycles. The van der Waals surface area contributed by atoms with E-state index in [9.17, 15) is 4.79 Å². The molecule has 0 spiro atoms. The normalized spacial score (nSPS) is 17.5.